The highest BCUT2D eigenvalue weighted by molar-refractivity contribution is 7.80. The van der Waals surface area contributed by atoms with E-state index in [0.29, 0.717) is 56.5 Å². The number of hydrogen-bond donors (Lipinski definition) is 4. The lowest BCUT2D eigenvalue weighted by Gasteiger charge is -2.30. The van der Waals surface area contributed by atoms with Gasteiger partial charge in [0.25, 0.3) is 0 Å². The molecular formula is C28H30BClN4O4S2. The normalized spacial score (nSPS) is 18.3. The monoisotopic (exact) mass is 596 g/mol. The van der Waals surface area contributed by atoms with Crippen molar-refractivity contribution in [1.29, 1.82) is 0 Å². The summed E-state index contributed by atoms with van der Waals surface area (Å²) in [6, 6.07) is 13.9. The standard InChI is InChI=1S/C14H15BN2O2S.C14H15ClN2O2S/c2*1-3-19-13(18)11-8(2)16-14(20)17-12(11)9-6-4-5-7-10(9)15/h2*4-7,12H,3H2,1-2H3,(H2,16,17,20). The Kier molecular flexibility index (Phi) is 11.1. The Labute approximate surface area is 251 Å². The van der Waals surface area contributed by atoms with Gasteiger partial charge in [-0.05, 0) is 69.3 Å². The second kappa shape index (κ2) is 14.3. The van der Waals surface area contributed by atoms with Gasteiger partial charge in [0.2, 0.25) is 0 Å². The van der Waals surface area contributed by atoms with Gasteiger partial charge >= 0.3 is 11.9 Å². The second-order valence-electron chi connectivity index (χ2n) is 8.73. The second-order valence-corrected chi connectivity index (χ2v) is 9.96. The number of halogens is 1. The van der Waals surface area contributed by atoms with Crippen LogP contribution in [0.4, 0.5) is 0 Å². The topological polar surface area (TPSA) is 101 Å². The van der Waals surface area contributed by atoms with Crippen molar-refractivity contribution in [3.8, 4) is 0 Å². The summed E-state index contributed by atoms with van der Waals surface area (Å²) in [7, 11) is 6.00. The Hall–Kier alpha value is -3.41. The molecule has 2 aromatic rings. The lowest BCUT2D eigenvalue weighted by atomic mass is 9.84. The first kappa shape index (κ1) is 31.1. The van der Waals surface area contributed by atoms with Crippen molar-refractivity contribution in [1.82, 2.24) is 21.3 Å². The molecule has 12 heteroatoms. The van der Waals surface area contributed by atoms with E-state index >= 15 is 0 Å². The molecule has 0 aliphatic carbocycles. The van der Waals surface area contributed by atoms with Crippen molar-refractivity contribution >= 4 is 71.5 Å². The molecule has 4 N–H and O–H groups in total. The van der Waals surface area contributed by atoms with Crippen molar-refractivity contribution in [2.24, 2.45) is 0 Å². The van der Waals surface area contributed by atoms with E-state index in [1.54, 1.807) is 39.8 Å². The van der Waals surface area contributed by atoms with Gasteiger partial charge in [-0.15, -0.1) is 0 Å². The fourth-order valence-corrected chi connectivity index (χ4v) is 5.08. The molecule has 2 unspecified atom stereocenters. The summed E-state index contributed by atoms with van der Waals surface area (Å²) >= 11 is 16.5. The summed E-state index contributed by atoms with van der Waals surface area (Å²) in [4.78, 5) is 24.3. The Morgan fingerprint density at radius 1 is 0.800 bits per heavy atom. The largest absolute Gasteiger partial charge is 0.463 e. The van der Waals surface area contributed by atoms with E-state index in [2.05, 4.69) is 21.3 Å². The first-order valence-corrected chi connectivity index (χ1v) is 13.8. The van der Waals surface area contributed by atoms with E-state index in [9.17, 15) is 9.59 Å². The molecule has 208 valence electrons. The summed E-state index contributed by atoms with van der Waals surface area (Å²) in [5, 5.41) is 13.5. The Morgan fingerprint density at radius 2 is 1.23 bits per heavy atom. The zero-order valence-corrected chi connectivity index (χ0v) is 25.0. The molecule has 0 amide bonds. The highest BCUT2D eigenvalue weighted by Crippen LogP contribution is 2.32. The van der Waals surface area contributed by atoms with Crippen molar-refractivity contribution in [2.45, 2.75) is 39.8 Å². The molecule has 2 atom stereocenters. The molecule has 0 aromatic heterocycles. The van der Waals surface area contributed by atoms with E-state index in [-0.39, 0.29) is 11.9 Å². The fourth-order valence-electron chi connectivity index (χ4n) is 4.30. The van der Waals surface area contributed by atoms with E-state index in [4.69, 9.17) is 53.4 Å². The number of hydrogen-bond acceptors (Lipinski definition) is 6. The summed E-state index contributed by atoms with van der Waals surface area (Å²) in [5.74, 6) is -0.752. The smallest absolute Gasteiger partial charge is 0.338 e. The quantitative estimate of drug-likeness (QED) is 0.225. The van der Waals surface area contributed by atoms with Crippen LogP contribution in [-0.2, 0) is 19.1 Å². The summed E-state index contributed by atoms with van der Waals surface area (Å²) in [6.07, 6.45) is 0. The van der Waals surface area contributed by atoms with Gasteiger partial charge in [0.05, 0.1) is 36.4 Å². The molecule has 0 saturated heterocycles. The molecule has 2 aliphatic heterocycles. The van der Waals surface area contributed by atoms with Gasteiger partial charge in [0, 0.05) is 16.4 Å². The third-order valence-corrected chi connectivity index (χ3v) is 6.84. The Morgan fingerprint density at radius 3 is 1.68 bits per heavy atom. The zero-order chi connectivity index (χ0) is 29.4. The molecule has 2 aromatic carbocycles. The number of nitrogens with one attached hydrogen (secondary N) is 4. The number of thiocarbonyl (C=S) groups is 2. The van der Waals surface area contributed by atoms with Gasteiger partial charge in [-0.25, -0.2) is 9.59 Å². The predicted molar refractivity (Wildman–Crippen MR) is 165 cm³/mol. The zero-order valence-electron chi connectivity index (χ0n) is 22.6. The van der Waals surface area contributed by atoms with Crippen molar-refractivity contribution in [3.63, 3.8) is 0 Å². The average molecular weight is 597 g/mol. The molecule has 0 fully saturated rings. The van der Waals surface area contributed by atoms with Crippen LogP contribution in [0.25, 0.3) is 0 Å². The maximum atomic E-state index is 12.2. The number of carbonyl (C=O) groups excluding carboxylic acids is 2. The molecule has 2 heterocycles. The van der Waals surface area contributed by atoms with E-state index in [0.717, 1.165) is 11.1 Å². The lowest BCUT2D eigenvalue weighted by molar-refractivity contribution is -0.140. The molecule has 0 saturated carbocycles. The highest BCUT2D eigenvalue weighted by atomic mass is 35.5. The SMILES string of the molecule is CCOC(=O)C1=C(C)NC(=S)NC1c1ccccc1Cl.[B]c1ccccc1C1NC(=S)NC(C)=C1C(=O)OCC. The van der Waals surface area contributed by atoms with Gasteiger partial charge in [-0.2, -0.15) is 0 Å². The number of allylic oxidation sites excluding steroid dienone is 2. The number of benzene rings is 2. The minimum Gasteiger partial charge on any atom is -0.463 e. The number of rotatable bonds is 6. The van der Waals surface area contributed by atoms with Crippen LogP contribution in [-0.4, -0.2) is 43.2 Å². The van der Waals surface area contributed by atoms with Gasteiger partial charge in [0.1, 0.15) is 7.85 Å². The Bertz CT molecular complexity index is 1280. The van der Waals surface area contributed by atoms with Crippen LogP contribution < -0.4 is 26.7 Å². The Balaban J connectivity index is 0.000000220. The van der Waals surface area contributed by atoms with Crippen LogP contribution in [0, 0.1) is 0 Å². The highest BCUT2D eigenvalue weighted by Gasteiger charge is 2.32. The molecule has 0 spiro atoms. The van der Waals surface area contributed by atoms with Gasteiger partial charge in [-0.1, -0.05) is 59.5 Å². The van der Waals surface area contributed by atoms with Crippen molar-refractivity contribution < 1.29 is 19.1 Å². The third kappa shape index (κ3) is 7.41. The van der Waals surface area contributed by atoms with Crippen molar-refractivity contribution in [3.05, 3.63) is 87.2 Å². The van der Waals surface area contributed by atoms with Crippen molar-refractivity contribution in [2.75, 3.05) is 13.2 Å². The van der Waals surface area contributed by atoms with Gasteiger partial charge in [0.15, 0.2) is 10.2 Å². The molecule has 4 rings (SSSR count). The third-order valence-electron chi connectivity index (χ3n) is 6.05. The van der Waals surface area contributed by atoms with Crippen LogP contribution in [0.5, 0.6) is 0 Å². The van der Waals surface area contributed by atoms with E-state index in [1.165, 1.54) is 0 Å². The van der Waals surface area contributed by atoms with Gasteiger partial charge < -0.3 is 30.7 Å². The first-order valence-electron chi connectivity index (χ1n) is 12.6. The van der Waals surface area contributed by atoms with Crippen LogP contribution in [0.15, 0.2) is 71.1 Å². The van der Waals surface area contributed by atoms with Crippen LogP contribution in [0.2, 0.25) is 5.02 Å². The van der Waals surface area contributed by atoms with Crippen LogP contribution in [0.1, 0.15) is 50.9 Å². The summed E-state index contributed by atoms with van der Waals surface area (Å²) in [6.45, 7) is 7.77. The molecule has 2 aliphatic rings. The molecule has 8 nitrogen and oxygen atoms in total. The van der Waals surface area contributed by atoms with Crippen LogP contribution >= 0.6 is 36.0 Å². The first-order chi connectivity index (χ1) is 19.1. The summed E-state index contributed by atoms with van der Waals surface area (Å²) < 4.78 is 10.2. The molecular weight excluding hydrogens is 567 g/mol. The fraction of sp³-hybridized carbons (Fsp3) is 0.286. The minimum absolute atomic E-state index is 0.315. The number of carbonyl (C=O) groups is 2. The maximum Gasteiger partial charge on any atom is 0.338 e. The molecule has 40 heavy (non-hydrogen) atoms. The minimum atomic E-state index is -0.406. The molecule has 0 bridgehead atoms. The number of ether oxygens (including phenoxy) is 2. The van der Waals surface area contributed by atoms with Gasteiger partial charge in [-0.3, -0.25) is 0 Å². The maximum absolute atomic E-state index is 12.2. The van der Waals surface area contributed by atoms with E-state index in [1.807, 2.05) is 36.4 Å². The number of esters is 2. The molecule has 2 radical (unpaired) electrons. The summed E-state index contributed by atoms with van der Waals surface area (Å²) in [5.41, 5.74) is 4.55. The lowest BCUT2D eigenvalue weighted by Crippen LogP contribution is -2.46. The average Bonchev–Trinajstić information content (AvgIpc) is 2.89. The predicted octanol–water partition coefficient (Wildman–Crippen LogP) is 3.53. The van der Waals surface area contributed by atoms with Crippen LogP contribution in [0.3, 0.4) is 0 Å². The van der Waals surface area contributed by atoms with E-state index < -0.39 is 12.1 Å².